The molecule has 2 aliphatic rings. The predicted molar refractivity (Wildman–Crippen MR) is 85.8 cm³/mol. The Hall–Kier alpha value is -2.10. The molecule has 1 fully saturated rings. The highest BCUT2D eigenvalue weighted by molar-refractivity contribution is 6.35. The van der Waals surface area contributed by atoms with Crippen LogP contribution in [0.1, 0.15) is 30.9 Å². The number of rotatable bonds is 2. The molecule has 4 nitrogen and oxygen atoms in total. The van der Waals surface area contributed by atoms with Gasteiger partial charge in [-0.2, -0.15) is 0 Å². The minimum absolute atomic E-state index is 0.172. The highest BCUT2D eigenvalue weighted by Crippen LogP contribution is 2.33. The number of nitrogens with zero attached hydrogens (tertiary/aromatic N) is 2. The van der Waals surface area contributed by atoms with E-state index in [1.54, 1.807) is 7.05 Å². The number of carbonyl (C=O) groups excluding carboxylic acids is 2. The van der Waals surface area contributed by atoms with Gasteiger partial charge in [0, 0.05) is 20.1 Å². The molecule has 1 atom stereocenters. The van der Waals surface area contributed by atoms with Crippen molar-refractivity contribution in [2.75, 3.05) is 20.1 Å². The van der Waals surface area contributed by atoms with Gasteiger partial charge in [0.05, 0.1) is 5.57 Å². The first kappa shape index (κ1) is 14.8. The van der Waals surface area contributed by atoms with Gasteiger partial charge in [-0.15, -0.1) is 0 Å². The lowest BCUT2D eigenvalue weighted by atomic mass is 9.97. The van der Waals surface area contributed by atoms with E-state index < -0.39 is 0 Å². The van der Waals surface area contributed by atoms with Gasteiger partial charge < -0.3 is 4.90 Å². The number of carbonyl (C=O) groups is 2. The van der Waals surface area contributed by atoms with Crippen molar-refractivity contribution in [3.63, 3.8) is 0 Å². The molecule has 0 aromatic heterocycles. The third-order valence-corrected chi connectivity index (χ3v) is 4.58. The molecular weight excluding hydrogens is 276 g/mol. The van der Waals surface area contributed by atoms with Crippen LogP contribution in [0.2, 0.25) is 0 Å². The smallest absolute Gasteiger partial charge is 0.277 e. The number of hydrogen-bond acceptors (Lipinski definition) is 3. The summed E-state index contributed by atoms with van der Waals surface area (Å²) >= 11 is 0. The van der Waals surface area contributed by atoms with E-state index in [0.29, 0.717) is 17.2 Å². The SMILES string of the molecule is Cc1ccc(C2=C(N3CCCC(C)C3)C(=O)N(C)C2=O)cc1. The molecule has 4 heteroatoms. The van der Waals surface area contributed by atoms with Gasteiger partial charge >= 0.3 is 0 Å². The molecule has 2 amide bonds. The number of likely N-dealkylation sites (N-methyl/N-ethyl adjacent to an activating group) is 1. The van der Waals surface area contributed by atoms with Gasteiger partial charge in [0.25, 0.3) is 11.8 Å². The van der Waals surface area contributed by atoms with Gasteiger partial charge in [0.15, 0.2) is 0 Å². The molecular formula is C18H22N2O2. The van der Waals surface area contributed by atoms with Crippen LogP contribution < -0.4 is 0 Å². The maximum absolute atomic E-state index is 12.6. The monoisotopic (exact) mass is 298 g/mol. The second kappa shape index (κ2) is 5.59. The Morgan fingerprint density at radius 3 is 2.41 bits per heavy atom. The zero-order valence-electron chi connectivity index (χ0n) is 13.4. The Bertz CT molecular complexity index is 646. The first-order valence-electron chi connectivity index (χ1n) is 7.87. The van der Waals surface area contributed by atoms with Crippen molar-refractivity contribution >= 4 is 17.4 Å². The minimum atomic E-state index is -0.193. The molecule has 0 radical (unpaired) electrons. The van der Waals surface area contributed by atoms with Gasteiger partial charge in [-0.05, 0) is 31.2 Å². The maximum atomic E-state index is 12.6. The molecule has 0 spiro atoms. The van der Waals surface area contributed by atoms with Crippen molar-refractivity contribution in [2.24, 2.45) is 5.92 Å². The summed E-state index contributed by atoms with van der Waals surface area (Å²) in [5, 5.41) is 0. The van der Waals surface area contributed by atoms with Gasteiger partial charge in [-0.1, -0.05) is 36.8 Å². The van der Waals surface area contributed by atoms with E-state index in [-0.39, 0.29) is 11.8 Å². The summed E-state index contributed by atoms with van der Waals surface area (Å²) in [5.41, 5.74) is 3.12. The van der Waals surface area contributed by atoms with Crippen LogP contribution in [-0.2, 0) is 9.59 Å². The lowest BCUT2D eigenvalue weighted by molar-refractivity contribution is -0.136. The number of imide groups is 1. The van der Waals surface area contributed by atoms with Gasteiger partial charge in [0.1, 0.15) is 5.70 Å². The zero-order valence-corrected chi connectivity index (χ0v) is 13.4. The number of amides is 2. The molecule has 1 unspecified atom stereocenters. The molecule has 2 aliphatic heterocycles. The molecule has 116 valence electrons. The van der Waals surface area contributed by atoms with Crippen molar-refractivity contribution in [1.29, 1.82) is 0 Å². The van der Waals surface area contributed by atoms with E-state index >= 15 is 0 Å². The summed E-state index contributed by atoms with van der Waals surface area (Å²) in [5.74, 6) is 0.186. The maximum Gasteiger partial charge on any atom is 0.277 e. The topological polar surface area (TPSA) is 40.6 Å². The molecule has 0 aliphatic carbocycles. The van der Waals surface area contributed by atoms with Crippen molar-refractivity contribution in [3.05, 3.63) is 41.1 Å². The summed E-state index contributed by atoms with van der Waals surface area (Å²) in [6.45, 7) is 5.90. The van der Waals surface area contributed by atoms with E-state index in [9.17, 15) is 9.59 Å². The third kappa shape index (κ3) is 2.43. The molecule has 22 heavy (non-hydrogen) atoms. The molecule has 0 saturated carbocycles. The fourth-order valence-electron chi connectivity index (χ4n) is 3.29. The van der Waals surface area contributed by atoms with Crippen molar-refractivity contribution in [1.82, 2.24) is 9.80 Å². The summed E-state index contributed by atoms with van der Waals surface area (Å²) in [4.78, 5) is 28.5. The van der Waals surface area contributed by atoms with Crippen LogP contribution >= 0.6 is 0 Å². The highest BCUT2D eigenvalue weighted by Gasteiger charge is 2.40. The number of likely N-dealkylation sites (tertiary alicyclic amines) is 1. The number of benzene rings is 1. The summed E-state index contributed by atoms with van der Waals surface area (Å²) in [7, 11) is 1.57. The molecule has 0 bridgehead atoms. The Morgan fingerprint density at radius 1 is 1.09 bits per heavy atom. The Morgan fingerprint density at radius 2 is 1.77 bits per heavy atom. The van der Waals surface area contributed by atoms with Crippen LogP contribution in [0.25, 0.3) is 5.57 Å². The van der Waals surface area contributed by atoms with Crippen molar-refractivity contribution < 1.29 is 9.59 Å². The van der Waals surface area contributed by atoms with Crippen molar-refractivity contribution in [3.8, 4) is 0 Å². The Labute approximate surface area is 131 Å². The van der Waals surface area contributed by atoms with Gasteiger partial charge in [-0.3, -0.25) is 14.5 Å². The molecule has 1 saturated heterocycles. The second-order valence-corrected chi connectivity index (χ2v) is 6.45. The van der Waals surface area contributed by atoms with E-state index in [2.05, 4.69) is 11.8 Å². The molecule has 1 aromatic rings. The number of aryl methyl sites for hydroxylation is 1. The first-order chi connectivity index (χ1) is 10.5. The predicted octanol–water partition coefficient (Wildman–Crippen LogP) is 2.44. The fourth-order valence-corrected chi connectivity index (χ4v) is 3.29. The average Bonchev–Trinajstić information content (AvgIpc) is 2.72. The normalized spacial score (nSPS) is 22.8. The van der Waals surface area contributed by atoms with Crippen LogP contribution in [-0.4, -0.2) is 41.8 Å². The van der Waals surface area contributed by atoms with E-state index in [0.717, 1.165) is 30.6 Å². The standard InChI is InChI=1S/C18H22N2O2/c1-12-6-8-14(9-7-12)15-16(18(22)19(3)17(15)21)20-10-4-5-13(2)11-20/h6-9,13H,4-5,10-11H2,1-3H3. The zero-order chi connectivity index (χ0) is 15.9. The van der Waals surface area contributed by atoms with E-state index in [1.807, 2.05) is 31.2 Å². The molecule has 3 rings (SSSR count). The van der Waals surface area contributed by atoms with Crippen LogP contribution in [0.15, 0.2) is 30.0 Å². The first-order valence-corrected chi connectivity index (χ1v) is 7.87. The summed E-state index contributed by atoms with van der Waals surface area (Å²) in [6, 6.07) is 7.83. The average molecular weight is 298 g/mol. The van der Waals surface area contributed by atoms with Crippen LogP contribution in [0.5, 0.6) is 0 Å². The number of hydrogen-bond donors (Lipinski definition) is 0. The van der Waals surface area contributed by atoms with E-state index in [4.69, 9.17) is 0 Å². The van der Waals surface area contributed by atoms with E-state index in [1.165, 1.54) is 11.3 Å². The van der Waals surface area contributed by atoms with Crippen molar-refractivity contribution in [2.45, 2.75) is 26.7 Å². The lowest BCUT2D eigenvalue weighted by Gasteiger charge is -2.33. The summed E-state index contributed by atoms with van der Waals surface area (Å²) in [6.07, 6.45) is 2.25. The Balaban J connectivity index is 2.08. The minimum Gasteiger partial charge on any atom is -0.366 e. The second-order valence-electron chi connectivity index (χ2n) is 6.45. The lowest BCUT2D eigenvalue weighted by Crippen LogP contribution is -2.38. The van der Waals surface area contributed by atoms with Gasteiger partial charge in [0.2, 0.25) is 0 Å². The van der Waals surface area contributed by atoms with Crippen LogP contribution in [0, 0.1) is 12.8 Å². The summed E-state index contributed by atoms with van der Waals surface area (Å²) < 4.78 is 0. The molecule has 0 N–H and O–H groups in total. The fraction of sp³-hybridized carbons (Fsp3) is 0.444. The number of piperidine rings is 1. The molecule has 2 heterocycles. The third-order valence-electron chi connectivity index (χ3n) is 4.58. The largest absolute Gasteiger partial charge is 0.366 e. The Kier molecular flexibility index (Phi) is 3.77. The van der Waals surface area contributed by atoms with Crippen LogP contribution in [0.3, 0.4) is 0 Å². The van der Waals surface area contributed by atoms with Crippen LogP contribution in [0.4, 0.5) is 0 Å². The molecule has 1 aromatic carbocycles. The van der Waals surface area contributed by atoms with Gasteiger partial charge in [-0.25, -0.2) is 0 Å². The highest BCUT2D eigenvalue weighted by atomic mass is 16.2. The quantitative estimate of drug-likeness (QED) is 0.787.